The molecule has 3 unspecified atom stereocenters. The Morgan fingerprint density at radius 1 is 1.31 bits per heavy atom. The molecule has 1 saturated heterocycles. The van der Waals surface area contributed by atoms with Crippen LogP contribution in [0.15, 0.2) is 0 Å². The lowest BCUT2D eigenvalue weighted by molar-refractivity contribution is -0.168. The summed E-state index contributed by atoms with van der Waals surface area (Å²) in [6.45, 7) is 3.87. The lowest BCUT2D eigenvalue weighted by Crippen LogP contribution is -2.49. The van der Waals surface area contributed by atoms with Gasteiger partial charge in [-0.25, -0.2) is 0 Å². The predicted octanol–water partition coefficient (Wildman–Crippen LogP) is 1.96. The van der Waals surface area contributed by atoms with Crippen molar-refractivity contribution in [3.8, 4) is 0 Å². The van der Waals surface area contributed by atoms with Crippen molar-refractivity contribution in [2.45, 2.75) is 57.3 Å². The molecule has 3 heteroatoms. The molecule has 1 aliphatic heterocycles. The smallest absolute Gasteiger partial charge is 0.105 e. The van der Waals surface area contributed by atoms with Crippen LogP contribution < -0.4 is 5.32 Å². The van der Waals surface area contributed by atoms with Crippen LogP contribution in [-0.4, -0.2) is 38.5 Å². The van der Waals surface area contributed by atoms with Gasteiger partial charge in [-0.1, -0.05) is 19.8 Å². The molecule has 0 amide bonds. The van der Waals surface area contributed by atoms with Crippen LogP contribution in [-0.2, 0) is 9.47 Å². The van der Waals surface area contributed by atoms with Gasteiger partial charge in [0.1, 0.15) is 6.10 Å². The van der Waals surface area contributed by atoms with E-state index in [0.29, 0.717) is 18.2 Å². The van der Waals surface area contributed by atoms with Gasteiger partial charge in [0.05, 0.1) is 19.3 Å². The minimum absolute atomic E-state index is 0.362. The van der Waals surface area contributed by atoms with E-state index >= 15 is 0 Å². The van der Waals surface area contributed by atoms with Crippen LogP contribution in [0.3, 0.4) is 0 Å². The zero-order chi connectivity index (χ0) is 11.4. The average molecular weight is 227 g/mol. The molecule has 94 valence electrons. The van der Waals surface area contributed by atoms with Gasteiger partial charge in [-0.3, -0.25) is 0 Å². The Morgan fingerprint density at radius 2 is 2.12 bits per heavy atom. The molecule has 1 aliphatic carbocycles. The molecule has 0 aromatic heterocycles. The highest BCUT2D eigenvalue weighted by Gasteiger charge is 2.33. The topological polar surface area (TPSA) is 30.5 Å². The molecule has 0 spiro atoms. The molecule has 3 atom stereocenters. The van der Waals surface area contributed by atoms with Crippen LogP contribution in [0.25, 0.3) is 0 Å². The van der Waals surface area contributed by atoms with Crippen molar-refractivity contribution in [3.05, 3.63) is 0 Å². The van der Waals surface area contributed by atoms with E-state index in [1.807, 2.05) is 0 Å². The summed E-state index contributed by atoms with van der Waals surface area (Å²) in [4.78, 5) is 0. The molecule has 0 aromatic rings. The zero-order valence-electron chi connectivity index (χ0n) is 10.6. The minimum atomic E-state index is 0.362. The summed E-state index contributed by atoms with van der Waals surface area (Å²) in [6, 6.07) is 0.550. The Morgan fingerprint density at radius 3 is 2.69 bits per heavy atom. The average Bonchev–Trinajstić information content (AvgIpc) is 2.24. The van der Waals surface area contributed by atoms with Gasteiger partial charge in [-0.15, -0.1) is 0 Å². The summed E-state index contributed by atoms with van der Waals surface area (Å²) in [5.41, 5.74) is 0. The Kier molecular flexibility index (Phi) is 4.62. The molecule has 3 nitrogen and oxygen atoms in total. The fourth-order valence-electron chi connectivity index (χ4n) is 2.90. The van der Waals surface area contributed by atoms with Crippen molar-refractivity contribution in [2.75, 3.05) is 20.3 Å². The fourth-order valence-corrected chi connectivity index (χ4v) is 2.90. The number of hydrogen-bond acceptors (Lipinski definition) is 3. The van der Waals surface area contributed by atoms with Gasteiger partial charge in [0.15, 0.2) is 0 Å². The SMILES string of the molecule is CCCC1CCC(NC)C(OC2COC2)C1. The van der Waals surface area contributed by atoms with Crippen molar-refractivity contribution < 1.29 is 9.47 Å². The molecular formula is C13H25NO2. The standard InChI is InChI=1S/C13H25NO2/c1-3-4-10-5-6-12(14-2)13(7-10)16-11-8-15-9-11/h10-14H,3-9H2,1-2H3. The van der Waals surface area contributed by atoms with Crippen molar-refractivity contribution in [3.63, 3.8) is 0 Å². The highest BCUT2D eigenvalue weighted by atomic mass is 16.6. The first-order valence-electron chi connectivity index (χ1n) is 6.74. The minimum Gasteiger partial charge on any atom is -0.376 e. The van der Waals surface area contributed by atoms with Gasteiger partial charge in [-0.05, 0) is 32.2 Å². The molecule has 0 aromatic carbocycles. The third kappa shape index (κ3) is 2.96. The number of nitrogens with one attached hydrogen (secondary N) is 1. The third-order valence-corrected chi connectivity index (χ3v) is 3.94. The second-order valence-corrected chi connectivity index (χ2v) is 5.20. The predicted molar refractivity (Wildman–Crippen MR) is 64.6 cm³/mol. The van der Waals surface area contributed by atoms with Gasteiger partial charge in [0, 0.05) is 6.04 Å². The molecule has 2 aliphatic rings. The number of rotatable bonds is 5. The molecule has 16 heavy (non-hydrogen) atoms. The molecule has 2 fully saturated rings. The maximum atomic E-state index is 6.12. The highest BCUT2D eigenvalue weighted by molar-refractivity contribution is 4.86. The van der Waals surface area contributed by atoms with Gasteiger partial charge < -0.3 is 14.8 Å². The van der Waals surface area contributed by atoms with Crippen molar-refractivity contribution in [2.24, 2.45) is 5.92 Å². The molecule has 1 saturated carbocycles. The summed E-state index contributed by atoms with van der Waals surface area (Å²) in [5, 5.41) is 3.40. The van der Waals surface area contributed by atoms with Crippen LogP contribution in [0.5, 0.6) is 0 Å². The first kappa shape index (κ1) is 12.3. The van der Waals surface area contributed by atoms with Gasteiger partial charge in [-0.2, -0.15) is 0 Å². The van der Waals surface area contributed by atoms with E-state index in [4.69, 9.17) is 9.47 Å². The Balaban J connectivity index is 1.83. The van der Waals surface area contributed by atoms with Crippen LogP contribution in [0.1, 0.15) is 39.0 Å². The molecular weight excluding hydrogens is 202 g/mol. The molecule has 1 heterocycles. The molecule has 2 rings (SSSR count). The van der Waals surface area contributed by atoms with Gasteiger partial charge in [0.25, 0.3) is 0 Å². The van der Waals surface area contributed by atoms with E-state index in [9.17, 15) is 0 Å². The quantitative estimate of drug-likeness (QED) is 0.779. The molecule has 0 radical (unpaired) electrons. The van der Waals surface area contributed by atoms with Crippen LogP contribution >= 0.6 is 0 Å². The summed E-state index contributed by atoms with van der Waals surface area (Å²) in [6.07, 6.45) is 7.28. The van der Waals surface area contributed by atoms with E-state index in [-0.39, 0.29) is 0 Å². The lowest BCUT2D eigenvalue weighted by atomic mass is 9.81. The molecule has 0 bridgehead atoms. The van der Waals surface area contributed by atoms with Crippen LogP contribution in [0.2, 0.25) is 0 Å². The van der Waals surface area contributed by atoms with E-state index < -0.39 is 0 Å². The van der Waals surface area contributed by atoms with E-state index in [0.717, 1.165) is 19.1 Å². The van der Waals surface area contributed by atoms with Crippen LogP contribution in [0, 0.1) is 5.92 Å². The Bertz CT molecular complexity index is 206. The monoisotopic (exact) mass is 227 g/mol. The molecule has 1 N–H and O–H groups in total. The summed E-state index contributed by atoms with van der Waals surface area (Å²) in [7, 11) is 2.05. The van der Waals surface area contributed by atoms with E-state index in [1.54, 1.807) is 0 Å². The second-order valence-electron chi connectivity index (χ2n) is 5.20. The number of ether oxygens (including phenoxy) is 2. The fraction of sp³-hybridized carbons (Fsp3) is 1.00. The van der Waals surface area contributed by atoms with Crippen molar-refractivity contribution in [1.82, 2.24) is 5.32 Å². The first-order valence-corrected chi connectivity index (χ1v) is 6.74. The lowest BCUT2D eigenvalue weighted by Gasteiger charge is -2.39. The number of likely N-dealkylation sites (N-methyl/N-ethyl adjacent to an activating group) is 1. The Hall–Kier alpha value is -0.120. The van der Waals surface area contributed by atoms with Gasteiger partial charge >= 0.3 is 0 Å². The zero-order valence-corrected chi connectivity index (χ0v) is 10.6. The van der Waals surface area contributed by atoms with Gasteiger partial charge in [0.2, 0.25) is 0 Å². The third-order valence-electron chi connectivity index (χ3n) is 3.94. The normalized spacial score (nSPS) is 36.0. The summed E-state index contributed by atoms with van der Waals surface area (Å²) < 4.78 is 11.3. The maximum absolute atomic E-state index is 6.12. The maximum Gasteiger partial charge on any atom is 0.105 e. The van der Waals surface area contributed by atoms with E-state index in [2.05, 4.69) is 19.3 Å². The van der Waals surface area contributed by atoms with Crippen molar-refractivity contribution >= 4 is 0 Å². The summed E-state index contributed by atoms with van der Waals surface area (Å²) >= 11 is 0. The largest absolute Gasteiger partial charge is 0.376 e. The highest BCUT2D eigenvalue weighted by Crippen LogP contribution is 2.31. The number of hydrogen-bond donors (Lipinski definition) is 1. The summed E-state index contributed by atoms with van der Waals surface area (Å²) in [5.74, 6) is 0.876. The van der Waals surface area contributed by atoms with E-state index in [1.165, 1.54) is 32.1 Å². The van der Waals surface area contributed by atoms with Crippen molar-refractivity contribution in [1.29, 1.82) is 0 Å². The Labute approximate surface area is 98.9 Å². The van der Waals surface area contributed by atoms with Crippen LogP contribution in [0.4, 0.5) is 0 Å². The first-order chi connectivity index (χ1) is 7.83. The second kappa shape index (κ2) is 5.99.